The first-order valence-corrected chi connectivity index (χ1v) is 5.93. The van der Waals surface area contributed by atoms with Crippen LogP contribution in [0, 0.1) is 0 Å². The van der Waals surface area contributed by atoms with E-state index in [-0.39, 0.29) is 6.10 Å². The molecular formula is C14H18N2O. The highest BCUT2D eigenvalue weighted by Gasteiger charge is 2.06. The molecule has 0 radical (unpaired) electrons. The summed E-state index contributed by atoms with van der Waals surface area (Å²) in [5.41, 5.74) is 2.37. The summed E-state index contributed by atoms with van der Waals surface area (Å²) < 4.78 is 1.79. The number of rotatable bonds is 5. The van der Waals surface area contributed by atoms with Crippen LogP contribution in [0.2, 0.25) is 0 Å². The fourth-order valence-electron chi connectivity index (χ4n) is 1.92. The molecule has 0 aliphatic carbocycles. The molecule has 1 aromatic carbocycles. The average Bonchev–Trinajstić information content (AvgIpc) is 2.74. The lowest BCUT2D eigenvalue weighted by molar-refractivity contribution is 0.165. The summed E-state index contributed by atoms with van der Waals surface area (Å²) >= 11 is 0. The van der Waals surface area contributed by atoms with Crippen molar-refractivity contribution < 1.29 is 5.11 Å². The minimum absolute atomic E-state index is 0.280. The molecule has 1 atom stereocenters. The molecule has 0 saturated carbocycles. The highest BCUT2D eigenvalue weighted by molar-refractivity contribution is 5.15. The van der Waals surface area contributed by atoms with Crippen molar-refractivity contribution in [2.24, 2.45) is 7.05 Å². The number of nitrogens with zero attached hydrogens (tertiary/aromatic N) is 2. The normalized spacial score (nSPS) is 12.6. The molecule has 1 unspecified atom stereocenters. The molecular weight excluding hydrogens is 212 g/mol. The van der Waals surface area contributed by atoms with Gasteiger partial charge in [0.15, 0.2) is 0 Å². The summed E-state index contributed by atoms with van der Waals surface area (Å²) in [5, 5.41) is 14.1. The van der Waals surface area contributed by atoms with Gasteiger partial charge in [-0.1, -0.05) is 30.3 Å². The van der Waals surface area contributed by atoms with Gasteiger partial charge < -0.3 is 5.11 Å². The maximum absolute atomic E-state index is 9.94. The molecule has 0 saturated heterocycles. The smallest absolute Gasteiger partial charge is 0.0583 e. The van der Waals surface area contributed by atoms with Crippen molar-refractivity contribution in [2.45, 2.75) is 25.4 Å². The third kappa shape index (κ3) is 3.71. The van der Waals surface area contributed by atoms with Gasteiger partial charge in [0.25, 0.3) is 0 Å². The topological polar surface area (TPSA) is 38.0 Å². The van der Waals surface area contributed by atoms with E-state index in [0.717, 1.165) is 19.3 Å². The molecule has 0 aliphatic rings. The summed E-state index contributed by atoms with van der Waals surface area (Å²) in [6, 6.07) is 10.1. The van der Waals surface area contributed by atoms with Crippen LogP contribution in [-0.2, 0) is 19.9 Å². The predicted molar refractivity (Wildman–Crippen MR) is 67.7 cm³/mol. The second-order valence-electron chi connectivity index (χ2n) is 4.40. The standard InChI is InChI=1S/C14H18N2O/c1-16-11-13(10-15-16)7-8-14(17)9-12-5-3-2-4-6-12/h2-6,10-11,14,17H,7-9H2,1H3. The first-order chi connectivity index (χ1) is 8.24. The lowest BCUT2D eigenvalue weighted by atomic mass is 10.0. The van der Waals surface area contributed by atoms with Crippen LogP contribution < -0.4 is 0 Å². The van der Waals surface area contributed by atoms with Gasteiger partial charge in [0.2, 0.25) is 0 Å². The van der Waals surface area contributed by atoms with Crippen molar-refractivity contribution in [2.75, 3.05) is 0 Å². The summed E-state index contributed by atoms with van der Waals surface area (Å²) in [5.74, 6) is 0. The molecule has 0 aliphatic heterocycles. The van der Waals surface area contributed by atoms with Crippen molar-refractivity contribution >= 4 is 0 Å². The summed E-state index contributed by atoms with van der Waals surface area (Å²) in [6.07, 6.45) is 5.95. The summed E-state index contributed by atoms with van der Waals surface area (Å²) in [6.45, 7) is 0. The van der Waals surface area contributed by atoms with Gasteiger partial charge in [-0.05, 0) is 30.4 Å². The summed E-state index contributed by atoms with van der Waals surface area (Å²) in [4.78, 5) is 0. The Balaban J connectivity index is 1.80. The largest absolute Gasteiger partial charge is 0.393 e. The van der Waals surface area contributed by atoms with E-state index in [2.05, 4.69) is 5.10 Å². The average molecular weight is 230 g/mol. The first kappa shape index (κ1) is 11.9. The Labute approximate surface area is 102 Å². The molecule has 0 amide bonds. The van der Waals surface area contributed by atoms with Crippen molar-refractivity contribution in [1.82, 2.24) is 9.78 Å². The van der Waals surface area contributed by atoms with E-state index < -0.39 is 0 Å². The van der Waals surface area contributed by atoms with E-state index in [1.165, 1.54) is 11.1 Å². The maximum atomic E-state index is 9.94. The van der Waals surface area contributed by atoms with Crippen LogP contribution in [0.4, 0.5) is 0 Å². The van der Waals surface area contributed by atoms with Gasteiger partial charge in [-0.25, -0.2) is 0 Å². The van der Waals surface area contributed by atoms with Gasteiger partial charge in [0, 0.05) is 13.2 Å². The lowest BCUT2D eigenvalue weighted by Crippen LogP contribution is -2.11. The zero-order chi connectivity index (χ0) is 12.1. The van der Waals surface area contributed by atoms with E-state index in [1.807, 2.05) is 49.8 Å². The third-order valence-corrected chi connectivity index (χ3v) is 2.84. The zero-order valence-corrected chi connectivity index (χ0v) is 10.1. The number of aromatic nitrogens is 2. The molecule has 2 rings (SSSR count). The maximum Gasteiger partial charge on any atom is 0.0583 e. The van der Waals surface area contributed by atoms with E-state index in [0.29, 0.717) is 0 Å². The van der Waals surface area contributed by atoms with Crippen molar-refractivity contribution in [3.05, 3.63) is 53.9 Å². The highest BCUT2D eigenvalue weighted by atomic mass is 16.3. The second-order valence-corrected chi connectivity index (χ2v) is 4.40. The van der Waals surface area contributed by atoms with Gasteiger partial charge in [-0.3, -0.25) is 4.68 Å². The minimum atomic E-state index is -0.280. The monoisotopic (exact) mass is 230 g/mol. The number of benzene rings is 1. The van der Waals surface area contributed by atoms with Crippen molar-refractivity contribution in [3.63, 3.8) is 0 Å². The number of aryl methyl sites for hydroxylation is 2. The van der Waals surface area contributed by atoms with Gasteiger partial charge in [-0.15, -0.1) is 0 Å². The molecule has 1 heterocycles. The number of hydrogen-bond acceptors (Lipinski definition) is 2. The molecule has 3 nitrogen and oxygen atoms in total. The second kappa shape index (κ2) is 5.64. The Morgan fingerprint density at radius 1 is 1.24 bits per heavy atom. The predicted octanol–water partition coefficient (Wildman–Crippen LogP) is 1.96. The third-order valence-electron chi connectivity index (χ3n) is 2.84. The molecule has 0 bridgehead atoms. The zero-order valence-electron chi connectivity index (χ0n) is 10.1. The Hall–Kier alpha value is -1.61. The fraction of sp³-hybridized carbons (Fsp3) is 0.357. The molecule has 0 spiro atoms. The number of hydrogen-bond donors (Lipinski definition) is 1. The molecule has 90 valence electrons. The Morgan fingerprint density at radius 3 is 2.65 bits per heavy atom. The van der Waals surface area contributed by atoms with Crippen molar-refractivity contribution in [3.8, 4) is 0 Å². The van der Waals surface area contributed by atoms with Crippen LogP contribution in [0.3, 0.4) is 0 Å². The molecule has 3 heteroatoms. The first-order valence-electron chi connectivity index (χ1n) is 5.93. The van der Waals surface area contributed by atoms with Crippen LogP contribution >= 0.6 is 0 Å². The van der Waals surface area contributed by atoms with Crippen molar-refractivity contribution in [1.29, 1.82) is 0 Å². The fourth-order valence-corrected chi connectivity index (χ4v) is 1.92. The molecule has 1 aromatic heterocycles. The van der Waals surface area contributed by atoms with Gasteiger partial charge >= 0.3 is 0 Å². The van der Waals surface area contributed by atoms with Crippen LogP contribution in [0.5, 0.6) is 0 Å². The Morgan fingerprint density at radius 2 is 2.00 bits per heavy atom. The van der Waals surface area contributed by atoms with E-state index >= 15 is 0 Å². The van der Waals surface area contributed by atoms with E-state index in [4.69, 9.17) is 0 Å². The van der Waals surface area contributed by atoms with E-state index in [9.17, 15) is 5.11 Å². The van der Waals surface area contributed by atoms with Crippen LogP contribution in [-0.4, -0.2) is 21.0 Å². The molecule has 17 heavy (non-hydrogen) atoms. The summed E-state index contributed by atoms with van der Waals surface area (Å²) in [7, 11) is 1.91. The van der Waals surface area contributed by atoms with Gasteiger partial charge in [0.1, 0.15) is 0 Å². The highest BCUT2D eigenvalue weighted by Crippen LogP contribution is 2.09. The van der Waals surface area contributed by atoms with Crippen LogP contribution in [0.25, 0.3) is 0 Å². The Bertz CT molecular complexity index is 450. The quantitative estimate of drug-likeness (QED) is 0.852. The van der Waals surface area contributed by atoms with Gasteiger partial charge in [0.05, 0.1) is 12.3 Å². The van der Waals surface area contributed by atoms with Gasteiger partial charge in [-0.2, -0.15) is 5.10 Å². The molecule has 2 aromatic rings. The lowest BCUT2D eigenvalue weighted by Gasteiger charge is -2.09. The number of aliphatic hydroxyl groups is 1. The van der Waals surface area contributed by atoms with Crippen LogP contribution in [0.1, 0.15) is 17.5 Å². The molecule has 1 N–H and O–H groups in total. The minimum Gasteiger partial charge on any atom is -0.393 e. The SMILES string of the molecule is Cn1cc(CCC(O)Cc2ccccc2)cn1. The van der Waals surface area contributed by atoms with E-state index in [1.54, 1.807) is 4.68 Å². The molecule has 0 fully saturated rings. The van der Waals surface area contributed by atoms with Crippen LogP contribution in [0.15, 0.2) is 42.7 Å². The number of aliphatic hydroxyl groups excluding tert-OH is 1. The Kier molecular flexibility index (Phi) is 3.94.